The third kappa shape index (κ3) is 2.41. The molecule has 3 rings (SSSR count). The molecule has 0 spiro atoms. The first kappa shape index (κ1) is 13.8. The van der Waals surface area contributed by atoms with E-state index in [1.165, 1.54) is 0 Å². The molecule has 0 atom stereocenters. The summed E-state index contributed by atoms with van der Waals surface area (Å²) in [6.45, 7) is 9.27. The zero-order valence-electron chi connectivity index (χ0n) is 11.5. The van der Waals surface area contributed by atoms with Gasteiger partial charge in [-0.05, 0) is 5.41 Å². The highest BCUT2D eigenvalue weighted by molar-refractivity contribution is 4.96. The predicted molar refractivity (Wildman–Crippen MR) is 66.7 cm³/mol. The topological polar surface area (TPSA) is 36.9 Å². The number of ether oxygens (including phenoxy) is 4. The van der Waals surface area contributed by atoms with E-state index < -0.39 is 5.97 Å². The van der Waals surface area contributed by atoms with Crippen molar-refractivity contribution in [1.29, 1.82) is 0 Å². The minimum atomic E-state index is -1.01. The van der Waals surface area contributed by atoms with Gasteiger partial charge >= 0.3 is 5.97 Å². The van der Waals surface area contributed by atoms with Gasteiger partial charge in [0.25, 0.3) is 0 Å². The summed E-state index contributed by atoms with van der Waals surface area (Å²) in [6.07, 6.45) is 5.75. The van der Waals surface area contributed by atoms with Gasteiger partial charge in [0, 0.05) is 11.8 Å². The van der Waals surface area contributed by atoms with Gasteiger partial charge in [0.05, 0.1) is 26.4 Å². The fourth-order valence-electron chi connectivity index (χ4n) is 2.10. The lowest BCUT2D eigenvalue weighted by Crippen LogP contribution is -2.65. The van der Waals surface area contributed by atoms with Crippen LogP contribution in [-0.2, 0) is 18.9 Å². The van der Waals surface area contributed by atoms with Gasteiger partial charge in [-0.15, -0.1) is 12.3 Å². The van der Waals surface area contributed by atoms with Crippen molar-refractivity contribution >= 4 is 0 Å². The van der Waals surface area contributed by atoms with Crippen LogP contribution in [0.4, 0.5) is 0 Å². The maximum Gasteiger partial charge on any atom is 0.307 e. The van der Waals surface area contributed by atoms with E-state index in [9.17, 15) is 0 Å². The summed E-state index contributed by atoms with van der Waals surface area (Å²) in [5.74, 6) is 1.51. The maximum absolute atomic E-state index is 5.75. The molecule has 3 heterocycles. The number of hydrogen-bond acceptors (Lipinski definition) is 4. The Labute approximate surface area is 109 Å². The Morgan fingerprint density at radius 3 is 2.17 bits per heavy atom. The van der Waals surface area contributed by atoms with E-state index in [-0.39, 0.29) is 17.4 Å². The first-order valence-electron chi connectivity index (χ1n) is 6.36. The van der Waals surface area contributed by atoms with Gasteiger partial charge in [-0.2, -0.15) is 0 Å². The van der Waals surface area contributed by atoms with Crippen LogP contribution in [0.1, 0.15) is 27.2 Å². The molecule has 0 N–H and O–H groups in total. The van der Waals surface area contributed by atoms with Crippen molar-refractivity contribution in [2.24, 2.45) is 10.8 Å². The lowest BCUT2D eigenvalue weighted by molar-refractivity contribution is -0.486. The standard InChI is InChI=1S/C14H22O4/c1-5-6-7-15-11-14-16-8-13(9-17-14,10-18-14)12(2,3)4/h1H,6-11H2,2-4H3. The largest absolute Gasteiger partial charge is 0.372 e. The van der Waals surface area contributed by atoms with Gasteiger partial charge < -0.3 is 18.9 Å². The summed E-state index contributed by atoms with van der Waals surface area (Å²) in [6, 6.07) is 0. The molecule has 0 amide bonds. The highest BCUT2D eigenvalue weighted by Gasteiger charge is 2.57. The van der Waals surface area contributed by atoms with Crippen molar-refractivity contribution in [1.82, 2.24) is 0 Å². The predicted octanol–water partition coefficient (Wildman–Crippen LogP) is 1.79. The summed E-state index contributed by atoms with van der Waals surface area (Å²) < 4.78 is 22.7. The molecule has 4 heteroatoms. The van der Waals surface area contributed by atoms with E-state index in [0.717, 1.165) is 0 Å². The minimum Gasteiger partial charge on any atom is -0.372 e. The molecule has 0 aromatic heterocycles. The van der Waals surface area contributed by atoms with Crippen LogP contribution < -0.4 is 0 Å². The second-order valence-electron chi connectivity index (χ2n) is 6.09. The van der Waals surface area contributed by atoms with Gasteiger partial charge in [-0.25, -0.2) is 0 Å². The van der Waals surface area contributed by atoms with Gasteiger partial charge in [0.1, 0.15) is 6.61 Å². The Morgan fingerprint density at radius 1 is 1.17 bits per heavy atom. The second kappa shape index (κ2) is 4.82. The molecule has 0 aromatic rings. The molecule has 3 aliphatic heterocycles. The van der Waals surface area contributed by atoms with Gasteiger partial charge in [-0.1, -0.05) is 20.8 Å². The smallest absolute Gasteiger partial charge is 0.307 e. The summed E-state index contributed by atoms with van der Waals surface area (Å²) in [4.78, 5) is 0. The maximum atomic E-state index is 5.75. The van der Waals surface area contributed by atoms with Crippen molar-refractivity contribution in [3.63, 3.8) is 0 Å². The molecule has 102 valence electrons. The van der Waals surface area contributed by atoms with E-state index >= 15 is 0 Å². The quantitative estimate of drug-likeness (QED) is 0.566. The van der Waals surface area contributed by atoms with E-state index in [4.69, 9.17) is 25.4 Å². The van der Waals surface area contributed by atoms with Crippen molar-refractivity contribution in [3.8, 4) is 12.3 Å². The molecule has 3 fully saturated rings. The second-order valence-corrected chi connectivity index (χ2v) is 6.09. The van der Waals surface area contributed by atoms with Crippen LogP contribution in [0, 0.1) is 23.2 Å². The number of hydrogen-bond donors (Lipinski definition) is 0. The zero-order chi connectivity index (χ0) is 13.3. The fraction of sp³-hybridized carbons (Fsp3) is 0.857. The Bertz CT molecular complexity index is 312. The third-order valence-electron chi connectivity index (χ3n) is 3.97. The average molecular weight is 254 g/mol. The Hall–Kier alpha value is -0.600. The Balaban J connectivity index is 1.90. The molecule has 4 nitrogen and oxygen atoms in total. The first-order valence-corrected chi connectivity index (χ1v) is 6.36. The molecular weight excluding hydrogens is 232 g/mol. The average Bonchev–Trinajstić information content (AvgIpc) is 2.36. The van der Waals surface area contributed by atoms with Crippen LogP contribution in [0.2, 0.25) is 0 Å². The molecule has 2 bridgehead atoms. The first-order chi connectivity index (χ1) is 8.43. The van der Waals surface area contributed by atoms with E-state index in [2.05, 4.69) is 26.7 Å². The van der Waals surface area contributed by atoms with Crippen molar-refractivity contribution < 1.29 is 18.9 Å². The van der Waals surface area contributed by atoms with E-state index in [1.807, 2.05) is 0 Å². The lowest BCUT2D eigenvalue weighted by Gasteiger charge is -2.56. The van der Waals surface area contributed by atoms with Gasteiger partial charge in [-0.3, -0.25) is 0 Å². The molecule has 0 unspecified atom stereocenters. The molecule has 0 aromatic carbocycles. The van der Waals surface area contributed by atoms with Crippen molar-refractivity contribution in [3.05, 3.63) is 0 Å². The van der Waals surface area contributed by atoms with Crippen LogP contribution in [0.15, 0.2) is 0 Å². The Morgan fingerprint density at radius 2 is 1.72 bits per heavy atom. The number of fused-ring (bicyclic) bond motifs is 3. The number of terminal acetylenes is 1. The van der Waals surface area contributed by atoms with Crippen LogP contribution in [0.5, 0.6) is 0 Å². The molecule has 18 heavy (non-hydrogen) atoms. The van der Waals surface area contributed by atoms with Crippen LogP contribution in [-0.4, -0.2) is 39.0 Å². The molecule has 0 saturated carbocycles. The SMILES string of the molecule is C#CCCOCC12OCC(C(C)(C)C)(CO1)CO2. The van der Waals surface area contributed by atoms with Crippen LogP contribution >= 0.6 is 0 Å². The van der Waals surface area contributed by atoms with Crippen LogP contribution in [0.25, 0.3) is 0 Å². The zero-order valence-corrected chi connectivity index (χ0v) is 11.5. The molecule has 0 aliphatic carbocycles. The Kier molecular flexibility index (Phi) is 3.70. The van der Waals surface area contributed by atoms with E-state index in [0.29, 0.717) is 32.8 Å². The van der Waals surface area contributed by atoms with Crippen molar-refractivity contribution in [2.45, 2.75) is 33.2 Å². The lowest BCUT2D eigenvalue weighted by atomic mass is 9.67. The van der Waals surface area contributed by atoms with Gasteiger partial charge in [0.15, 0.2) is 0 Å². The fourth-order valence-corrected chi connectivity index (χ4v) is 2.10. The highest BCUT2D eigenvalue weighted by atomic mass is 16.9. The minimum absolute atomic E-state index is 0.0619. The monoisotopic (exact) mass is 254 g/mol. The highest BCUT2D eigenvalue weighted by Crippen LogP contribution is 2.48. The molecule has 3 saturated heterocycles. The van der Waals surface area contributed by atoms with Gasteiger partial charge in [0.2, 0.25) is 0 Å². The normalized spacial score (nSPS) is 35.4. The molecule has 3 aliphatic rings. The third-order valence-corrected chi connectivity index (χ3v) is 3.97. The summed E-state index contributed by atoms with van der Waals surface area (Å²) in [7, 11) is 0. The van der Waals surface area contributed by atoms with E-state index in [1.54, 1.807) is 0 Å². The molecule has 0 radical (unpaired) electrons. The summed E-state index contributed by atoms with van der Waals surface area (Å²) in [5, 5.41) is 0. The summed E-state index contributed by atoms with van der Waals surface area (Å²) in [5.41, 5.74) is 0.0253. The molecular formula is C14H22O4. The van der Waals surface area contributed by atoms with Crippen molar-refractivity contribution in [2.75, 3.05) is 33.0 Å². The summed E-state index contributed by atoms with van der Waals surface area (Å²) >= 11 is 0. The van der Waals surface area contributed by atoms with Crippen LogP contribution in [0.3, 0.4) is 0 Å². The number of rotatable bonds is 4.